The van der Waals surface area contributed by atoms with E-state index in [0.29, 0.717) is 6.04 Å². The molecule has 1 saturated heterocycles. The van der Waals surface area contributed by atoms with Crippen LogP contribution in [0.1, 0.15) is 44.2 Å². The van der Waals surface area contributed by atoms with E-state index in [-0.39, 0.29) is 5.60 Å². The molecule has 3 nitrogen and oxygen atoms in total. The first-order valence-corrected chi connectivity index (χ1v) is 9.10. The summed E-state index contributed by atoms with van der Waals surface area (Å²) in [6.45, 7) is 3.27. The average molecular weight is 307 g/mol. The molecular formula is C17H25NO2S. The van der Waals surface area contributed by atoms with Crippen molar-refractivity contribution in [1.29, 1.82) is 0 Å². The molecule has 1 N–H and O–H groups in total. The lowest BCUT2D eigenvalue weighted by Crippen LogP contribution is -2.47. The normalized spacial score (nSPS) is 28.0. The number of nitrogens with one attached hydrogen (secondary N) is 1. The van der Waals surface area contributed by atoms with E-state index in [1.54, 1.807) is 7.11 Å². The zero-order chi connectivity index (χ0) is 14.7. The molecule has 2 unspecified atom stereocenters. The molecule has 2 aliphatic heterocycles. The summed E-state index contributed by atoms with van der Waals surface area (Å²) in [5, 5.41) is 3.71. The number of rotatable bonds is 4. The molecule has 116 valence electrons. The first kappa shape index (κ1) is 15.0. The zero-order valence-corrected chi connectivity index (χ0v) is 13.8. The maximum atomic E-state index is 6.47. The SMILES string of the molecule is CCCNC1CC2(CCCSC2)Oc2cc(OC)ccc21. The predicted octanol–water partition coefficient (Wildman–Crippen LogP) is 3.78. The number of fused-ring (bicyclic) bond motifs is 1. The van der Waals surface area contributed by atoms with Crippen molar-refractivity contribution in [1.82, 2.24) is 5.32 Å². The Kier molecular flexibility index (Phi) is 4.65. The quantitative estimate of drug-likeness (QED) is 0.917. The third-order valence-corrected chi connectivity index (χ3v) is 5.73. The second kappa shape index (κ2) is 6.49. The third kappa shape index (κ3) is 3.16. The maximum absolute atomic E-state index is 6.47. The summed E-state index contributed by atoms with van der Waals surface area (Å²) in [6.07, 6.45) is 4.66. The Morgan fingerprint density at radius 2 is 2.38 bits per heavy atom. The molecule has 1 aromatic carbocycles. The fourth-order valence-electron chi connectivity index (χ4n) is 3.34. The van der Waals surface area contributed by atoms with Gasteiger partial charge in [0.15, 0.2) is 0 Å². The van der Waals surface area contributed by atoms with Crippen molar-refractivity contribution in [2.24, 2.45) is 0 Å². The standard InChI is InChI=1S/C17H25NO2S/c1-3-8-18-15-11-17(7-4-9-21-12-17)20-16-10-13(19-2)5-6-14(15)16/h5-6,10,15,18H,3-4,7-9,11-12H2,1-2H3. The Morgan fingerprint density at radius 3 is 3.10 bits per heavy atom. The van der Waals surface area contributed by atoms with Gasteiger partial charge in [0.05, 0.1) is 7.11 Å². The summed E-state index contributed by atoms with van der Waals surface area (Å²) in [4.78, 5) is 0. The zero-order valence-electron chi connectivity index (χ0n) is 13.0. The van der Waals surface area contributed by atoms with Crippen LogP contribution in [-0.2, 0) is 0 Å². The number of benzene rings is 1. The van der Waals surface area contributed by atoms with E-state index in [1.165, 1.54) is 24.2 Å². The van der Waals surface area contributed by atoms with E-state index in [0.717, 1.165) is 36.6 Å². The van der Waals surface area contributed by atoms with Gasteiger partial charge >= 0.3 is 0 Å². The van der Waals surface area contributed by atoms with E-state index in [2.05, 4.69) is 24.4 Å². The summed E-state index contributed by atoms with van der Waals surface area (Å²) in [5.74, 6) is 4.26. The van der Waals surface area contributed by atoms with Crippen molar-refractivity contribution in [2.45, 2.75) is 44.2 Å². The van der Waals surface area contributed by atoms with Crippen LogP contribution in [0.5, 0.6) is 11.5 Å². The van der Waals surface area contributed by atoms with Crippen molar-refractivity contribution >= 4 is 11.8 Å². The lowest BCUT2D eigenvalue weighted by atomic mass is 9.85. The number of thioether (sulfide) groups is 1. The molecule has 0 bridgehead atoms. The highest BCUT2D eigenvalue weighted by molar-refractivity contribution is 7.99. The van der Waals surface area contributed by atoms with Gasteiger partial charge in [0, 0.05) is 29.8 Å². The smallest absolute Gasteiger partial charge is 0.128 e. The first-order valence-electron chi connectivity index (χ1n) is 7.94. The van der Waals surface area contributed by atoms with E-state index in [9.17, 15) is 0 Å². The molecule has 1 spiro atoms. The van der Waals surface area contributed by atoms with Gasteiger partial charge in [0.25, 0.3) is 0 Å². The molecule has 0 radical (unpaired) electrons. The van der Waals surface area contributed by atoms with Gasteiger partial charge in [0.2, 0.25) is 0 Å². The summed E-state index contributed by atoms with van der Waals surface area (Å²) in [6, 6.07) is 6.65. The first-order chi connectivity index (χ1) is 10.3. The summed E-state index contributed by atoms with van der Waals surface area (Å²) >= 11 is 2.03. The molecule has 2 aliphatic rings. The fraction of sp³-hybridized carbons (Fsp3) is 0.647. The Balaban J connectivity index is 1.90. The van der Waals surface area contributed by atoms with Crippen molar-refractivity contribution < 1.29 is 9.47 Å². The molecule has 2 atom stereocenters. The van der Waals surface area contributed by atoms with Crippen LogP contribution in [0.15, 0.2) is 18.2 Å². The fourth-order valence-corrected chi connectivity index (χ4v) is 4.53. The average Bonchev–Trinajstić information content (AvgIpc) is 2.52. The number of methoxy groups -OCH3 is 1. The van der Waals surface area contributed by atoms with Gasteiger partial charge < -0.3 is 14.8 Å². The lowest BCUT2D eigenvalue weighted by molar-refractivity contribution is 0.0411. The van der Waals surface area contributed by atoms with Gasteiger partial charge in [-0.15, -0.1) is 0 Å². The Morgan fingerprint density at radius 1 is 1.48 bits per heavy atom. The van der Waals surface area contributed by atoms with Crippen molar-refractivity contribution in [2.75, 3.05) is 25.2 Å². The predicted molar refractivity (Wildman–Crippen MR) is 88.6 cm³/mol. The second-order valence-corrected chi connectivity index (χ2v) is 7.16. The highest BCUT2D eigenvalue weighted by atomic mass is 32.2. The number of ether oxygens (including phenoxy) is 2. The van der Waals surface area contributed by atoms with Crippen molar-refractivity contribution in [3.05, 3.63) is 23.8 Å². The highest BCUT2D eigenvalue weighted by Crippen LogP contribution is 2.46. The summed E-state index contributed by atoms with van der Waals surface area (Å²) < 4.78 is 11.8. The van der Waals surface area contributed by atoms with Gasteiger partial charge in [-0.05, 0) is 37.6 Å². The van der Waals surface area contributed by atoms with Gasteiger partial charge in [0.1, 0.15) is 17.1 Å². The van der Waals surface area contributed by atoms with Crippen LogP contribution < -0.4 is 14.8 Å². The monoisotopic (exact) mass is 307 g/mol. The van der Waals surface area contributed by atoms with E-state index in [1.807, 2.05) is 17.8 Å². The molecule has 4 heteroatoms. The molecular weight excluding hydrogens is 282 g/mol. The van der Waals surface area contributed by atoms with Gasteiger partial charge in [-0.2, -0.15) is 11.8 Å². The molecule has 3 rings (SSSR count). The van der Waals surface area contributed by atoms with E-state index < -0.39 is 0 Å². The molecule has 1 aromatic rings. The van der Waals surface area contributed by atoms with Crippen LogP contribution in [0.4, 0.5) is 0 Å². The summed E-state index contributed by atoms with van der Waals surface area (Å²) in [5.41, 5.74) is 1.29. The van der Waals surface area contributed by atoms with Crippen molar-refractivity contribution in [3.63, 3.8) is 0 Å². The van der Waals surface area contributed by atoms with Crippen LogP contribution >= 0.6 is 11.8 Å². The topological polar surface area (TPSA) is 30.5 Å². The maximum Gasteiger partial charge on any atom is 0.128 e. The van der Waals surface area contributed by atoms with E-state index >= 15 is 0 Å². The van der Waals surface area contributed by atoms with Crippen LogP contribution in [-0.4, -0.2) is 30.8 Å². The highest BCUT2D eigenvalue weighted by Gasteiger charge is 2.42. The molecule has 0 saturated carbocycles. The third-order valence-electron chi connectivity index (χ3n) is 4.43. The molecule has 0 amide bonds. The molecule has 1 fully saturated rings. The Hall–Kier alpha value is -0.870. The minimum Gasteiger partial charge on any atom is -0.497 e. The molecule has 2 heterocycles. The number of hydrogen-bond acceptors (Lipinski definition) is 4. The molecule has 0 aliphatic carbocycles. The van der Waals surface area contributed by atoms with E-state index in [4.69, 9.17) is 9.47 Å². The van der Waals surface area contributed by atoms with Gasteiger partial charge in [-0.3, -0.25) is 0 Å². The second-order valence-electron chi connectivity index (χ2n) is 6.06. The largest absolute Gasteiger partial charge is 0.497 e. The minimum atomic E-state index is 0.00763. The van der Waals surface area contributed by atoms with Crippen LogP contribution in [0.3, 0.4) is 0 Å². The number of hydrogen-bond donors (Lipinski definition) is 1. The minimum absolute atomic E-state index is 0.00763. The lowest BCUT2D eigenvalue weighted by Gasteiger charge is -2.44. The van der Waals surface area contributed by atoms with Crippen LogP contribution in [0, 0.1) is 0 Å². The van der Waals surface area contributed by atoms with Gasteiger partial charge in [-0.25, -0.2) is 0 Å². The van der Waals surface area contributed by atoms with Crippen LogP contribution in [0.25, 0.3) is 0 Å². The molecule has 21 heavy (non-hydrogen) atoms. The summed E-state index contributed by atoms with van der Waals surface area (Å²) in [7, 11) is 1.71. The Bertz CT molecular complexity index is 486. The molecule has 0 aromatic heterocycles. The van der Waals surface area contributed by atoms with Crippen LogP contribution in [0.2, 0.25) is 0 Å². The van der Waals surface area contributed by atoms with Crippen molar-refractivity contribution in [3.8, 4) is 11.5 Å². The Labute approximate surface area is 131 Å². The van der Waals surface area contributed by atoms with Gasteiger partial charge in [-0.1, -0.05) is 13.0 Å².